The Bertz CT molecular complexity index is 381. The summed E-state index contributed by atoms with van der Waals surface area (Å²) in [4.78, 5) is 0. The Morgan fingerprint density at radius 2 is 1.60 bits per heavy atom. The fourth-order valence-electron chi connectivity index (χ4n) is 2.57. The summed E-state index contributed by atoms with van der Waals surface area (Å²) < 4.78 is 0. The van der Waals surface area contributed by atoms with Gasteiger partial charge in [-0.2, -0.15) is 0 Å². The molecular formula is C19H31N. The largest absolute Gasteiger partial charge is 0.314 e. The monoisotopic (exact) mass is 273 g/mol. The van der Waals surface area contributed by atoms with Gasteiger partial charge >= 0.3 is 0 Å². The van der Waals surface area contributed by atoms with Crippen molar-refractivity contribution in [2.75, 3.05) is 6.54 Å². The van der Waals surface area contributed by atoms with Gasteiger partial charge in [-0.3, -0.25) is 0 Å². The lowest BCUT2D eigenvalue weighted by Crippen LogP contribution is -2.17. The quantitative estimate of drug-likeness (QED) is 0.668. The molecule has 0 aromatic heterocycles. The van der Waals surface area contributed by atoms with E-state index in [1.165, 1.54) is 62.6 Å². The van der Waals surface area contributed by atoms with E-state index < -0.39 is 0 Å². The van der Waals surface area contributed by atoms with Gasteiger partial charge < -0.3 is 5.32 Å². The van der Waals surface area contributed by atoms with E-state index >= 15 is 0 Å². The number of nitrogens with one attached hydrogen (secondary N) is 1. The second kappa shape index (κ2) is 7.26. The molecule has 0 bridgehead atoms. The molecule has 0 radical (unpaired) electrons. The zero-order chi connectivity index (χ0) is 14.4. The maximum atomic E-state index is 3.59. The smallest absolute Gasteiger partial charge is 0.00682 e. The third kappa shape index (κ3) is 5.66. The molecule has 1 heteroatoms. The van der Waals surface area contributed by atoms with Crippen molar-refractivity contribution >= 4 is 0 Å². The maximum Gasteiger partial charge on any atom is 0.00682 e. The Labute approximate surface area is 125 Å². The molecule has 20 heavy (non-hydrogen) atoms. The van der Waals surface area contributed by atoms with Crippen LogP contribution in [-0.2, 0) is 11.8 Å². The Balaban J connectivity index is 1.56. The van der Waals surface area contributed by atoms with Gasteiger partial charge in [-0.05, 0) is 55.2 Å². The summed E-state index contributed by atoms with van der Waals surface area (Å²) >= 11 is 0. The van der Waals surface area contributed by atoms with Gasteiger partial charge in [0.05, 0.1) is 0 Å². The first-order valence-corrected chi connectivity index (χ1v) is 8.38. The lowest BCUT2D eigenvalue weighted by molar-refractivity contribution is 0.583. The Morgan fingerprint density at radius 3 is 2.20 bits per heavy atom. The summed E-state index contributed by atoms with van der Waals surface area (Å²) in [5.74, 6) is 0. The second-order valence-corrected chi connectivity index (χ2v) is 7.34. The average molecular weight is 273 g/mol. The molecule has 0 unspecified atom stereocenters. The van der Waals surface area contributed by atoms with Crippen LogP contribution in [0.4, 0.5) is 0 Å². The maximum absolute atomic E-state index is 3.59. The van der Waals surface area contributed by atoms with Gasteiger partial charge in [0.25, 0.3) is 0 Å². The predicted molar refractivity (Wildman–Crippen MR) is 88.3 cm³/mol. The first-order chi connectivity index (χ1) is 9.55. The Kier molecular flexibility index (Phi) is 5.65. The van der Waals surface area contributed by atoms with Gasteiger partial charge in [0.2, 0.25) is 0 Å². The van der Waals surface area contributed by atoms with E-state index in [-0.39, 0.29) is 5.41 Å². The molecule has 1 saturated carbocycles. The van der Waals surface area contributed by atoms with Gasteiger partial charge in [-0.15, -0.1) is 0 Å². The van der Waals surface area contributed by atoms with E-state index in [9.17, 15) is 0 Å². The molecule has 112 valence electrons. The summed E-state index contributed by atoms with van der Waals surface area (Å²) in [7, 11) is 0. The van der Waals surface area contributed by atoms with Gasteiger partial charge in [0.1, 0.15) is 0 Å². The summed E-state index contributed by atoms with van der Waals surface area (Å²) in [5.41, 5.74) is 3.20. The molecule has 1 fully saturated rings. The van der Waals surface area contributed by atoms with E-state index in [0.717, 1.165) is 6.04 Å². The standard InChI is InChI=1S/C19H31N/c1-19(2,3)17-11-9-16(10-12-17)8-6-4-5-7-15-20-18-13-14-18/h9-12,18,20H,4-8,13-15H2,1-3H3. The van der Waals surface area contributed by atoms with Crippen LogP contribution in [0.5, 0.6) is 0 Å². The predicted octanol–water partition coefficient (Wildman–Crippen LogP) is 4.84. The summed E-state index contributed by atoms with van der Waals surface area (Å²) in [6.45, 7) is 8.05. The van der Waals surface area contributed by atoms with Gasteiger partial charge in [0.15, 0.2) is 0 Å². The number of hydrogen-bond donors (Lipinski definition) is 1. The Morgan fingerprint density at radius 1 is 0.950 bits per heavy atom. The molecular weight excluding hydrogens is 242 g/mol. The molecule has 2 rings (SSSR count). The first kappa shape index (κ1) is 15.6. The van der Waals surface area contributed by atoms with E-state index in [2.05, 4.69) is 50.4 Å². The molecule has 1 nitrogen and oxygen atoms in total. The highest BCUT2D eigenvalue weighted by molar-refractivity contribution is 5.27. The zero-order valence-electron chi connectivity index (χ0n) is 13.5. The van der Waals surface area contributed by atoms with E-state index in [4.69, 9.17) is 0 Å². The number of aryl methyl sites for hydroxylation is 1. The molecule has 0 atom stereocenters. The van der Waals surface area contributed by atoms with Crippen LogP contribution in [-0.4, -0.2) is 12.6 Å². The van der Waals surface area contributed by atoms with E-state index in [0.29, 0.717) is 0 Å². The van der Waals surface area contributed by atoms with E-state index in [1.54, 1.807) is 0 Å². The third-order valence-electron chi connectivity index (χ3n) is 4.22. The van der Waals surface area contributed by atoms with Crippen LogP contribution >= 0.6 is 0 Å². The fourth-order valence-corrected chi connectivity index (χ4v) is 2.57. The van der Waals surface area contributed by atoms with Crippen molar-refractivity contribution in [1.29, 1.82) is 0 Å². The van der Waals surface area contributed by atoms with Crippen molar-refractivity contribution in [3.63, 3.8) is 0 Å². The molecule has 0 amide bonds. The minimum atomic E-state index is 0.271. The molecule has 1 aromatic carbocycles. The summed E-state index contributed by atoms with van der Waals surface area (Å²) in [6, 6.07) is 10.1. The highest BCUT2D eigenvalue weighted by atomic mass is 14.9. The molecule has 0 heterocycles. The lowest BCUT2D eigenvalue weighted by atomic mass is 9.86. The van der Waals surface area contributed by atoms with Crippen molar-refractivity contribution in [3.05, 3.63) is 35.4 Å². The van der Waals surface area contributed by atoms with Crippen molar-refractivity contribution in [2.45, 2.75) is 77.2 Å². The highest BCUT2D eigenvalue weighted by Gasteiger charge is 2.19. The molecule has 1 aliphatic carbocycles. The van der Waals surface area contributed by atoms with Crippen LogP contribution in [0.1, 0.15) is 70.4 Å². The van der Waals surface area contributed by atoms with Crippen LogP contribution < -0.4 is 5.32 Å². The number of benzene rings is 1. The van der Waals surface area contributed by atoms with Crippen LogP contribution in [0, 0.1) is 0 Å². The fraction of sp³-hybridized carbons (Fsp3) is 0.684. The lowest BCUT2D eigenvalue weighted by Gasteiger charge is -2.19. The highest BCUT2D eigenvalue weighted by Crippen LogP contribution is 2.22. The topological polar surface area (TPSA) is 12.0 Å². The van der Waals surface area contributed by atoms with Crippen LogP contribution in [0.3, 0.4) is 0 Å². The molecule has 0 aliphatic heterocycles. The number of rotatable bonds is 8. The number of unbranched alkanes of at least 4 members (excludes halogenated alkanes) is 3. The van der Waals surface area contributed by atoms with Gasteiger partial charge in [0, 0.05) is 6.04 Å². The average Bonchev–Trinajstić information content (AvgIpc) is 3.21. The summed E-state index contributed by atoms with van der Waals surface area (Å²) in [5, 5.41) is 3.59. The molecule has 1 aromatic rings. The molecule has 0 spiro atoms. The van der Waals surface area contributed by atoms with E-state index in [1.807, 2.05) is 0 Å². The van der Waals surface area contributed by atoms with Crippen molar-refractivity contribution in [2.24, 2.45) is 0 Å². The first-order valence-electron chi connectivity index (χ1n) is 8.38. The van der Waals surface area contributed by atoms with Crippen molar-refractivity contribution in [1.82, 2.24) is 5.32 Å². The number of hydrogen-bond acceptors (Lipinski definition) is 1. The molecule has 0 saturated heterocycles. The Hall–Kier alpha value is -0.820. The minimum Gasteiger partial charge on any atom is -0.314 e. The zero-order valence-corrected chi connectivity index (χ0v) is 13.5. The SMILES string of the molecule is CC(C)(C)c1ccc(CCCCCCNC2CC2)cc1. The van der Waals surface area contributed by atoms with Crippen LogP contribution in [0.25, 0.3) is 0 Å². The van der Waals surface area contributed by atoms with Crippen molar-refractivity contribution < 1.29 is 0 Å². The van der Waals surface area contributed by atoms with Crippen LogP contribution in [0.15, 0.2) is 24.3 Å². The van der Waals surface area contributed by atoms with Crippen molar-refractivity contribution in [3.8, 4) is 0 Å². The molecule has 1 N–H and O–H groups in total. The second-order valence-electron chi connectivity index (χ2n) is 7.34. The van der Waals surface area contributed by atoms with Gasteiger partial charge in [-0.25, -0.2) is 0 Å². The minimum absolute atomic E-state index is 0.271. The molecule has 1 aliphatic rings. The summed E-state index contributed by atoms with van der Waals surface area (Å²) in [6.07, 6.45) is 9.47. The van der Waals surface area contributed by atoms with Gasteiger partial charge in [-0.1, -0.05) is 57.9 Å². The normalized spacial score (nSPS) is 15.6. The van der Waals surface area contributed by atoms with Crippen LogP contribution in [0.2, 0.25) is 0 Å². The third-order valence-corrected chi connectivity index (χ3v) is 4.22.